The number of imidazole rings is 1. The topological polar surface area (TPSA) is 40.7 Å². The molecule has 3 nitrogen and oxygen atoms in total. The quantitative estimate of drug-likeness (QED) is 0.687. The summed E-state index contributed by atoms with van der Waals surface area (Å²) in [6, 6.07) is 0.621. The summed E-state index contributed by atoms with van der Waals surface area (Å²) in [5, 5.41) is 3.48. The van der Waals surface area contributed by atoms with Crippen LogP contribution in [-0.4, -0.2) is 16.0 Å². The summed E-state index contributed by atoms with van der Waals surface area (Å²) in [6.45, 7) is 2.93. The van der Waals surface area contributed by atoms with Crippen LogP contribution in [0, 0.1) is 6.92 Å². The Bertz CT molecular complexity index is 293. The second-order valence-electron chi connectivity index (χ2n) is 3.49. The maximum absolute atomic E-state index is 4.24. The Morgan fingerprint density at radius 1 is 1.54 bits per heavy atom. The lowest BCUT2D eigenvalue weighted by Crippen LogP contribution is -2.26. The van der Waals surface area contributed by atoms with Crippen molar-refractivity contribution in [3.05, 3.63) is 29.9 Å². The van der Waals surface area contributed by atoms with Gasteiger partial charge in [-0.15, -0.1) is 0 Å². The van der Waals surface area contributed by atoms with Crippen LogP contribution < -0.4 is 5.32 Å². The van der Waals surface area contributed by atoms with Crippen molar-refractivity contribution in [3.8, 4) is 0 Å². The maximum Gasteiger partial charge on any atom is 0.0925 e. The first kappa shape index (κ1) is 8.51. The van der Waals surface area contributed by atoms with Gasteiger partial charge in [-0.25, -0.2) is 4.98 Å². The lowest BCUT2D eigenvalue weighted by molar-refractivity contribution is 0.533. The molecule has 1 heterocycles. The zero-order chi connectivity index (χ0) is 9.10. The molecule has 70 valence electrons. The van der Waals surface area contributed by atoms with Crippen molar-refractivity contribution in [1.82, 2.24) is 15.3 Å². The molecule has 0 aliphatic heterocycles. The van der Waals surface area contributed by atoms with Crippen molar-refractivity contribution < 1.29 is 0 Å². The minimum atomic E-state index is 0.621. The molecule has 0 saturated heterocycles. The van der Waals surface area contributed by atoms with E-state index >= 15 is 0 Å². The highest BCUT2D eigenvalue weighted by molar-refractivity contribution is 5.09. The average Bonchev–Trinajstić information content (AvgIpc) is 2.72. The third kappa shape index (κ3) is 1.98. The van der Waals surface area contributed by atoms with Gasteiger partial charge in [-0.2, -0.15) is 0 Å². The molecule has 0 aromatic carbocycles. The van der Waals surface area contributed by atoms with E-state index in [1.54, 1.807) is 6.33 Å². The van der Waals surface area contributed by atoms with E-state index in [0.717, 1.165) is 25.1 Å². The van der Waals surface area contributed by atoms with E-state index in [2.05, 4.69) is 34.4 Å². The van der Waals surface area contributed by atoms with Crippen LogP contribution in [0.5, 0.6) is 0 Å². The molecule has 0 saturated carbocycles. The van der Waals surface area contributed by atoms with Crippen molar-refractivity contribution in [2.45, 2.75) is 32.4 Å². The first-order chi connectivity index (χ1) is 6.36. The summed E-state index contributed by atoms with van der Waals surface area (Å²) in [5.74, 6) is 0. The summed E-state index contributed by atoms with van der Waals surface area (Å²) in [7, 11) is 0. The Hall–Kier alpha value is -1.09. The standard InChI is InChI=1S/C10H15N3/c1-8-10(13-7-12-8)6-11-9-4-2-3-5-9/h2-3,7,9,11H,4-6H2,1H3,(H,12,13). The van der Waals surface area contributed by atoms with Gasteiger partial charge >= 0.3 is 0 Å². The first-order valence-electron chi connectivity index (χ1n) is 4.73. The molecule has 1 aliphatic rings. The van der Waals surface area contributed by atoms with Crippen LogP contribution in [0.25, 0.3) is 0 Å². The van der Waals surface area contributed by atoms with E-state index in [9.17, 15) is 0 Å². The second-order valence-corrected chi connectivity index (χ2v) is 3.49. The summed E-state index contributed by atoms with van der Waals surface area (Å²) >= 11 is 0. The number of hydrogen-bond donors (Lipinski definition) is 2. The number of nitrogens with one attached hydrogen (secondary N) is 2. The van der Waals surface area contributed by atoms with Crippen molar-refractivity contribution in [1.29, 1.82) is 0 Å². The lowest BCUT2D eigenvalue weighted by atomic mass is 10.2. The van der Waals surface area contributed by atoms with Crippen LogP contribution in [-0.2, 0) is 6.54 Å². The fourth-order valence-electron chi connectivity index (χ4n) is 1.59. The van der Waals surface area contributed by atoms with Gasteiger partial charge < -0.3 is 10.3 Å². The predicted octanol–water partition coefficient (Wildman–Crippen LogP) is 1.53. The number of rotatable bonds is 3. The van der Waals surface area contributed by atoms with Crippen LogP contribution in [0.15, 0.2) is 18.5 Å². The Morgan fingerprint density at radius 2 is 2.31 bits per heavy atom. The van der Waals surface area contributed by atoms with Crippen molar-refractivity contribution in [3.63, 3.8) is 0 Å². The van der Waals surface area contributed by atoms with Crippen LogP contribution in [0.3, 0.4) is 0 Å². The van der Waals surface area contributed by atoms with E-state index in [4.69, 9.17) is 0 Å². The van der Waals surface area contributed by atoms with Crippen LogP contribution in [0.2, 0.25) is 0 Å². The van der Waals surface area contributed by atoms with E-state index in [-0.39, 0.29) is 0 Å². The van der Waals surface area contributed by atoms with E-state index < -0.39 is 0 Å². The average molecular weight is 177 g/mol. The molecule has 2 N–H and O–H groups in total. The predicted molar refractivity (Wildman–Crippen MR) is 52.3 cm³/mol. The molecule has 3 heteroatoms. The highest BCUT2D eigenvalue weighted by atomic mass is 15.0. The van der Waals surface area contributed by atoms with Crippen LogP contribution in [0.1, 0.15) is 24.2 Å². The highest BCUT2D eigenvalue weighted by Crippen LogP contribution is 2.10. The van der Waals surface area contributed by atoms with Gasteiger partial charge in [0, 0.05) is 18.3 Å². The maximum atomic E-state index is 4.24. The van der Waals surface area contributed by atoms with Crippen molar-refractivity contribution in [2.24, 2.45) is 0 Å². The Labute approximate surface area is 78.3 Å². The minimum absolute atomic E-state index is 0.621. The zero-order valence-corrected chi connectivity index (χ0v) is 7.88. The van der Waals surface area contributed by atoms with Gasteiger partial charge in [0.25, 0.3) is 0 Å². The first-order valence-corrected chi connectivity index (χ1v) is 4.73. The molecule has 1 aromatic heterocycles. The van der Waals surface area contributed by atoms with Gasteiger partial charge in [-0.1, -0.05) is 12.2 Å². The van der Waals surface area contributed by atoms with E-state index in [0.29, 0.717) is 6.04 Å². The second kappa shape index (κ2) is 3.75. The third-order valence-corrected chi connectivity index (χ3v) is 2.50. The molecule has 0 atom stereocenters. The largest absolute Gasteiger partial charge is 0.348 e. The smallest absolute Gasteiger partial charge is 0.0925 e. The molecule has 0 unspecified atom stereocenters. The highest BCUT2D eigenvalue weighted by Gasteiger charge is 2.09. The van der Waals surface area contributed by atoms with Crippen molar-refractivity contribution in [2.75, 3.05) is 0 Å². The monoisotopic (exact) mass is 177 g/mol. The molecule has 0 amide bonds. The number of hydrogen-bond acceptors (Lipinski definition) is 2. The van der Waals surface area contributed by atoms with E-state index in [1.807, 2.05) is 0 Å². The summed E-state index contributed by atoms with van der Waals surface area (Å²) in [6.07, 6.45) is 8.52. The fourth-order valence-corrected chi connectivity index (χ4v) is 1.59. The summed E-state index contributed by atoms with van der Waals surface area (Å²) < 4.78 is 0. The molecule has 1 aliphatic carbocycles. The minimum Gasteiger partial charge on any atom is -0.348 e. The Balaban J connectivity index is 1.82. The molecule has 0 spiro atoms. The molecule has 0 bridgehead atoms. The van der Waals surface area contributed by atoms with Gasteiger partial charge in [0.2, 0.25) is 0 Å². The number of aromatic nitrogens is 2. The summed E-state index contributed by atoms with van der Waals surface area (Å²) in [5.41, 5.74) is 2.30. The molecular weight excluding hydrogens is 162 g/mol. The van der Waals surface area contributed by atoms with Gasteiger partial charge in [0.15, 0.2) is 0 Å². The SMILES string of the molecule is Cc1[nH]cnc1CNC1CC=CC1. The Morgan fingerprint density at radius 3 is 2.92 bits per heavy atom. The molecule has 1 aromatic rings. The molecular formula is C10H15N3. The van der Waals surface area contributed by atoms with Crippen LogP contribution in [0.4, 0.5) is 0 Å². The van der Waals surface area contributed by atoms with E-state index in [1.165, 1.54) is 5.69 Å². The number of H-pyrrole nitrogens is 1. The van der Waals surface area contributed by atoms with Gasteiger partial charge in [-0.05, 0) is 19.8 Å². The zero-order valence-electron chi connectivity index (χ0n) is 7.88. The van der Waals surface area contributed by atoms with Crippen molar-refractivity contribution >= 4 is 0 Å². The third-order valence-electron chi connectivity index (χ3n) is 2.50. The van der Waals surface area contributed by atoms with Gasteiger partial charge in [0.1, 0.15) is 0 Å². The number of nitrogens with zero attached hydrogens (tertiary/aromatic N) is 1. The normalized spacial score (nSPS) is 17.0. The summed E-state index contributed by atoms with van der Waals surface area (Å²) in [4.78, 5) is 7.32. The van der Waals surface area contributed by atoms with Gasteiger partial charge in [0.05, 0.1) is 12.0 Å². The molecule has 0 fully saturated rings. The lowest BCUT2D eigenvalue weighted by Gasteiger charge is -2.10. The fraction of sp³-hybridized carbons (Fsp3) is 0.500. The number of aromatic amines is 1. The molecule has 0 radical (unpaired) electrons. The Kier molecular flexibility index (Phi) is 2.45. The number of aryl methyl sites for hydroxylation is 1. The van der Waals surface area contributed by atoms with Crippen LogP contribution >= 0.6 is 0 Å². The molecule has 13 heavy (non-hydrogen) atoms. The molecule has 2 rings (SSSR count). The van der Waals surface area contributed by atoms with Gasteiger partial charge in [-0.3, -0.25) is 0 Å².